The van der Waals surface area contributed by atoms with Gasteiger partial charge in [0, 0.05) is 30.4 Å². The van der Waals surface area contributed by atoms with E-state index in [1.165, 1.54) is 5.69 Å². The second-order valence-electron chi connectivity index (χ2n) is 6.42. The molecule has 25 heavy (non-hydrogen) atoms. The van der Waals surface area contributed by atoms with Crippen LogP contribution in [-0.2, 0) is 0 Å². The Bertz CT molecular complexity index is 825. The van der Waals surface area contributed by atoms with Crippen LogP contribution >= 0.6 is 0 Å². The summed E-state index contributed by atoms with van der Waals surface area (Å²) in [7, 11) is 0. The Morgan fingerprint density at radius 1 is 1.20 bits per heavy atom. The minimum absolute atomic E-state index is 0.440. The number of nitrogens with zero attached hydrogens (tertiary/aromatic N) is 5. The van der Waals surface area contributed by atoms with E-state index in [-0.39, 0.29) is 0 Å². The van der Waals surface area contributed by atoms with Crippen LogP contribution in [0.1, 0.15) is 32.2 Å². The van der Waals surface area contributed by atoms with Crippen LogP contribution in [0.25, 0.3) is 10.9 Å². The first-order valence-electron chi connectivity index (χ1n) is 8.96. The van der Waals surface area contributed by atoms with Crippen LogP contribution < -0.4 is 9.64 Å². The molecule has 6 nitrogen and oxygen atoms in total. The summed E-state index contributed by atoms with van der Waals surface area (Å²) in [6.45, 7) is 4.84. The molecule has 0 bridgehead atoms. The number of ether oxygens (including phenoxy) is 1. The minimum Gasteiger partial charge on any atom is -0.491 e. The van der Waals surface area contributed by atoms with Gasteiger partial charge in [0.25, 0.3) is 0 Å². The molecule has 0 spiro atoms. The van der Waals surface area contributed by atoms with Crippen molar-refractivity contribution in [3.63, 3.8) is 0 Å². The normalized spacial score (nSPS) is 15.6. The van der Waals surface area contributed by atoms with Gasteiger partial charge in [-0.25, -0.2) is 9.67 Å². The van der Waals surface area contributed by atoms with Crippen molar-refractivity contribution < 1.29 is 4.74 Å². The van der Waals surface area contributed by atoms with Crippen molar-refractivity contribution >= 4 is 16.6 Å². The van der Waals surface area contributed by atoms with Gasteiger partial charge in [0.1, 0.15) is 23.9 Å². The maximum atomic E-state index is 5.88. The molecule has 0 amide bonds. The molecule has 0 N–H and O–H groups in total. The van der Waals surface area contributed by atoms with E-state index in [2.05, 4.69) is 45.1 Å². The van der Waals surface area contributed by atoms with Crippen molar-refractivity contribution in [3.8, 4) is 5.75 Å². The summed E-state index contributed by atoms with van der Waals surface area (Å²) in [6, 6.07) is 8.75. The smallest absolute Gasteiger partial charge is 0.145 e. The molecule has 3 aromatic rings. The van der Waals surface area contributed by atoms with Crippen molar-refractivity contribution in [2.45, 2.75) is 32.2 Å². The van der Waals surface area contributed by atoms with E-state index in [1.54, 1.807) is 6.33 Å². The second kappa shape index (κ2) is 7.09. The third kappa shape index (κ3) is 3.16. The average molecular weight is 337 g/mol. The fraction of sp³-hybridized carbons (Fsp3) is 0.421. The molecule has 4 rings (SSSR count). The highest BCUT2D eigenvalue weighted by molar-refractivity contribution is 5.95. The van der Waals surface area contributed by atoms with E-state index >= 15 is 0 Å². The standard InChI is InChI=1S/C19H23N5O/c1-2-12-25-18-5-3-4-16-17(6-9-21-19(16)18)23-10-7-15(8-11-23)24-14-20-13-22-24/h3-6,9,13-15H,2,7-8,10-12H2,1H3. The Morgan fingerprint density at radius 3 is 2.84 bits per heavy atom. The van der Waals surface area contributed by atoms with Crippen LogP contribution in [0.3, 0.4) is 0 Å². The molecule has 0 atom stereocenters. The number of benzene rings is 1. The molecule has 1 aromatic carbocycles. The number of rotatable bonds is 5. The number of anilines is 1. The number of aromatic nitrogens is 4. The predicted molar refractivity (Wildman–Crippen MR) is 98.0 cm³/mol. The van der Waals surface area contributed by atoms with Crippen molar-refractivity contribution in [3.05, 3.63) is 43.1 Å². The minimum atomic E-state index is 0.440. The summed E-state index contributed by atoms with van der Waals surface area (Å²) in [5.74, 6) is 0.874. The summed E-state index contributed by atoms with van der Waals surface area (Å²) in [4.78, 5) is 11.1. The fourth-order valence-corrected chi connectivity index (χ4v) is 3.52. The molecular formula is C19H23N5O. The number of piperidine rings is 1. The Kier molecular flexibility index (Phi) is 4.50. The molecule has 130 valence electrons. The summed E-state index contributed by atoms with van der Waals surface area (Å²) in [6.07, 6.45) is 8.45. The average Bonchev–Trinajstić information content (AvgIpc) is 3.21. The molecule has 1 aliphatic rings. The lowest BCUT2D eigenvalue weighted by atomic mass is 10.0. The molecular weight excluding hydrogens is 314 g/mol. The van der Waals surface area contributed by atoms with Gasteiger partial charge in [-0.1, -0.05) is 19.1 Å². The van der Waals surface area contributed by atoms with E-state index < -0.39 is 0 Å². The Balaban J connectivity index is 1.57. The first-order chi connectivity index (χ1) is 12.4. The molecule has 6 heteroatoms. The highest BCUT2D eigenvalue weighted by Gasteiger charge is 2.22. The van der Waals surface area contributed by atoms with E-state index in [4.69, 9.17) is 4.74 Å². The maximum Gasteiger partial charge on any atom is 0.145 e. The predicted octanol–water partition coefficient (Wildman–Crippen LogP) is 3.46. The van der Waals surface area contributed by atoms with Crippen LogP contribution in [0.4, 0.5) is 5.69 Å². The zero-order valence-electron chi connectivity index (χ0n) is 14.5. The third-order valence-electron chi connectivity index (χ3n) is 4.79. The van der Waals surface area contributed by atoms with Crippen molar-refractivity contribution in [2.24, 2.45) is 0 Å². The van der Waals surface area contributed by atoms with Crippen LogP contribution in [0, 0.1) is 0 Å². The lowest BCUT2D eigenvalue weighted by Crippen LogP contribution is -2.34. The van der Waals surface area contributed by atoms with Crippen molar-refractivity contribution in [1.29, 1.82) is 0 Å². The van der Waals surface area contributed by atoms with E-state index in [0.717, 1.165) is 49.0 Å². The van der Waals surface area contributed by atoms with Gasteiger partial charge >= 0.3 is 0 Å². The van der Waals surface area contributed by atoms with Gasteiger partial charge in [-0.3, -0.25) is 4.98 Å². The van der Waals surface area contributed by atoms with Crippen LogP contribution in [-0.4, -0.2) is 39.4 Å². The van der Waals surface area contributed by atoms with Crippen molar-refractivity contribution in [2.75, 3.05) is 24.6 Å². The van der Waals surface area contributed by atoms with E-state index in [0.29, 0.717) is 12.6 Å². The maximum absolute atomic E-state index is 5.88. The summed E-state index contributed by atoms with van der Waals surface area (Å²) in [5.41, 5.74) is 2.19. The lowest BCUT2D eigenvalue weighted by Gasteiger charge is -2.34. The van der Waals surface area contributed by atoms with Gasteiger partial charge in [-0.05, 0) is 31.4 Å². The summed E-state index contributed by atoms with van der Waals surface area (Å²) < 4.78 is 7.86. The highest BCUT2D eigenvalue weighted by atomic mass is 16.5. The summed E-state index contributed by atoms with van der Waals surface area (Å²) in [5, 5.41) is 5.45. The van der Waals surface area contributed by atoms with Crippen LogP contribution in [0.2, 0.25) is 0 Å². The number of para-hydroxylation sites is 1. The van der Waals surface area contributed by atoms with Gasteiger partial charge in [-0.15, -0.1) is 0 Å². The first-order valence-corrected chi connectivity index (χ1v) is 8.96. The molecule has 0 radical (unpaired) electrons. The van der Waals surface area contributed by atoms with Gasteiger partial charge in [0.05, 0.1) is 12.6 Å². The number of pyridine rings is 1. The summed E-state index contributed by atoms with van der Waals surface area (Å²) >= 11 is 0. The lowest BCUT2D eigenvalue weighted by molar-refractivity contribution is 0.320. The fourth-order valence-electron chi connectivity index (χ4n) is 3.52. The van der Waals surface area contributed by atoms with E-state index in [1.807, 2.05) is 23.3 Å². The zero-order valence-corrected chi connectivity index (χ0v) is 14.5. The molecule has 0 saturated carbocycles. The third-order valence-corrected chi connectivity index (χ3v) is 4.79. The number of hydrogen-bond donors (Lipinski definition) is 0. The van der Waals surface area contributed by atoms with Gasteiger partial charge < -0.3 is 9.64 Å². The monoisotopic (exact) mass is 337 g/mol. The van der Waals surface area contributed by atoms with Gasteiger partial charge in [-0.2, -0.15) is 5.10 Å². The largest absolute Gasteiger partial charge is 0.491 e. The van der Waals surface area contributed by atoms with Gasteiger partial charge in [0.15, 0.2) is 0 Å². The van der Waals surface area contributed by atoms with Crippen LogP contribution in [0.15, 0.2) is 43.1 Å². The van der Waals surface area contributed by atoms with Gasteiger partial charge in [0.2, 0.25) is 0 Å². The molecule has 1 saturated heterocycles. The molecule has 0 unspecified atom stereocenters. The first kappa shape index (κ1) is 15.9. The number of hydrogen-bond acceptors (Lipinski definition) is 5. The number of fused-ring (bicyclic) bond motifs is 1. The Hall–Kier alpha value is -2.63. The molecule has 0 aliphatic carbocycles. The quantitative estimate of drug-likeness (QED) is 0.714. The zero-order chi connectivity index (χ0) is 17.1. The highest BCUT2D eigenvalue weighted by Crippen LogP contribution is 2.33. The molecule has 1 fully saturated rings. The Morgan fingerprint density at radius 2 is 2.08 bits per heavy atom. The van der Waals surface area contributed by atoms with Crippen LogP contribution in [0.5, 0.6) is 5.75 Å². The SMILES string of the molecule is CCCOc1cccc2c(N3CCC(n4cncn4)CC3)ccnc12. The second-order valence-corrected chi connectivity index (χ2v) is 6.42. The Labute approximate surface area is 147 Å². The molecule has 3 heterocycles. The molecule has 2 aromatic heterocycles. The van der Waals surface area contributed by atoms with Crippen molar-refractivity contribution in [1.82, 2.24) is 19.7 Å². The van der Waals surface area contributed by atoms with E-state index in [9.17, 15) is 0 Å². The topological polar surface area (TPSA) is 56.1 Å². The molecule has 1 aliphatic heterocycles.